The van der Waals surface area contributed by atoms with Crippen LogP contribution in [0.25, 0.3) is 0 Å². The number of nitrogens with one attached hydrogen (secondary N) is 1. The van der Waals surface area contributed by atoms with Crippen LogP contribution in [-0.2, 0) is 17.8 Å². The van der Waals surface area contributed by atoms with E-state index in [-0.39, 0.29) is 11.7 Å². The Labute approximate surface area is 117 Å². The average Bonchev–Trinajstić information content (AvgIpc) is 2.84. The van der Waals surface area contributed by atoms with Crippen LogP contribution in [0.2, 0.25) is 0 Å². The van der Waals surface area contributed by atoms with E-state index in [4.69, 9.17) is 0 Å². The molecule has 100 valence electrons. The molecule has 1 atom stereocenters. The van der Waals surface area contributed by atoms with Crippen molar-refractivity contribution in [2.45, 2.75) is 13.0 Å². The van der Waals surface area contributed by atoms with Crippen molar-refractivity contribution in [1.29, 1.82) is 0 Å². The van der Waals surface area contributed by atoms with Crippen LogP contribution in [0.3, 0.4) is 0 Å². The Hall–Kier alpha value is -2.42. The second-order valence-corrected chi connectivity index (χ2v) is 4.98. The molecule has 1 N–H and O–H groups in total. The normalized spacial score (nSPS) is 16.8. The number of hydrogen-bond acceptors (Lipinski definition) is 2. The fourth-order valence-electron chi connectivity index (χ4n) is 2.56. The number of Topliss-reactive ketones (excluding diaryl/α,β-unsaturated/α-hetero) is 1. The molecule has 0 spiro atoms. The van der Waals surface area contributed by atoms with Gasteiger partial charge in [0, 0.05) is 12.1 Å². The molecule has 3 heteroatoms. The van der Waals surface area contributed by atoms with Gasteiger partial charge >= 0.3 is 0 Å². The van der Waals surface area contributed by atoms with Gasteiger partial charge in [0.2, 0.25) is 5.91 Å². The van der Waals surface area contributed by atoms with Crippen LogP contribution in [0, 0.1) is 5.92 Å². The maximum Gasteiger partial charge on any atom is 0.231 e. The highest BCUT2D eigenvalue weighted by Crippen LogP contribution is 2.26. The molecule has 0 fully saturated rings. The second kappa shape index (κ2) is 5.29. The summed E-state index contributed by atoms with van der Waals surface area (Å²) in [5.74, 6) is -0.822. The largest absolute Gasteiger partial charge is 0.351 e. The topological polar surface area (TPSA) is 46.2 Å². The van der Waals surface area contributed by atoms with Gasteiger partial charge in [0.1, 0.15) is 5.92 Å². The molecule has 1 amide bonds. The van der Waals surface area contributed by atoms with E-state index < -0.39 is 5.92 Å². The third-order valence-corrected chi connectivity index (χ3v) is 3.65. The first-order valence-electron chi connectivity index (χ1n) is 6.69. The summed E-state index contributed by atoms with van der Waals surface area (Å²) in [6.07, 6.45) is 0.510. The first-order chi connectivity index (χ1) is 9.75. The number of carbonyl (C=O) groups excluding carboxylic acids is 2. The average molecular weight is 265 g/mol. The van der Waals surface area contributed by atoms with Gasteiger partial charge in [-0.25, -0.2) is 0 Å². The lowest BCUT2D eigenvalue weighted by molar-refractivity contribution is -0.123. The van der Waals surface area contributed by atoms with Crippen LogP contribution in [-0.4, -0.2) is 11.7 Å². The van der Waals surface area contributed by atoms with Crippen molar-refractivity contribution in [2.24, 2.45) is 5.92 Å². The lowest BCUT2D eigenvalue weighted by atomic mass is 10.0. The molecule has 1 aliphatic rings. The Balaban J connectivity index is 1.66. The lowest BCUT2D eigenvalue weighted by Gasteiger charge is -2.09. The number of benzene rings is 2. The van der Waals surface area contributed by atoms with Gasteiger partial charge in [-0.3, -0.25) is 9.59 Å². The van der Waals surface area contributed by atoms with Gasteiger partial charge in [0.25, 0.3) is 0 Å². The maximum atomic E-state index is 12.2. The Morgan fingerprint density at radius 2 is 1.75 bits per heavy atom. The molecule has 3 rings (SSSR count). The van der Waals surface area contributed by atoms with Crippen LogP contribution in [0.5, 0.6) is 0 Å². The molecular formula is C17H15NO2. The van der Waals surface area contributed by atoms with E-state index in [1.165, 1.54) is 0 Å². The minimum absolute atomic E-state index is 0.0637. The third kappa shape index (κ3) is 2.35. The van der Waals surface area contributed by atoms with E-state index in [9.17, 15) is 9.59 Å². The van der Waals surface area contributed by atoms with Crippen molar-refractivity contribution in [3.63, 3.8) is 0 Å². The van der Waals surface area contributed by atoms with Crippen LogP contribution in [0.15, 0.2) is 54.6 Å². The molecule has 1 unspecified atom stereocenters. The Bertz CT molecular complexity index is 649. The van der Waals surface area contributed by atoms with Gasteiger partial charge in [-0.2, -0.15) is 0 Å². The van der Waals surface area contributed by atoms with E-state index in [1.807, 2.05) is 48.5 Å². The van der Waals surface area contributed by atoms with E-state index >= 15 is 0 Å². The smallest absolute Gasteiger partial charge is 0.231 e. The van der Waals surface area contributed by atoms with Crippen molar-refractivity contribution >= 4 is 11.7 Å². The van der Waals surface area contributed by atoms with Crippen LogP contribution >= 0.6 is 0 Å². The molecule has 0 saturated carbocycles. The fourth-order valence-corrected chi connectivity index (χ4v) is 2.56. The number of ketones is 1. The van der Waals surface area contributed by atoms with Gasteiger partial charge in [0.05, 0.1) is 0 Å². The molecular weight excluding hydrogens is 250 g/mol. The zero-order valence-corrected chi connectivity index (χ0v) is 11.0. The Morgan fingerprint density at radius 1 is 1.05 bits per heavy atom. The molecule has 0 aromatic heterocycles. The SMILES string of the molecule is O=C(NCc1ccccc1)C1Cc2ccccc2C1=O. The maximum absolute atomic E-state index is 12.2. The molecule has 3 nitrogen and oxygen atoms in total. The monoisotopic (exact) mass is 265 g/mol. The summed E-state index contributed by atoms with van der Waals surface area (Å²) in [5.41, 5.74) is 2.69. The summed E-state index contributed by atoms with van der Waals surface area (Å²) in [4.78, 5) is 24.4. The zero-order valence-electron chi connectivity index (χ0n) is 11.0. The lowest BCUT2D eigenvalue weighted by Crippen LogP contribution is -2.33. The van der Waals surface area contributed by atoms with Gasteiger partial charge in [-0.05, 0) is 17.5 Å². The molecule has 20 heavy (non-hydrogen) atoms. The number of fused-ring (bicyclic) bond motifs is 1. The van der Waals surface area contributed by atoms with Gasteiger partial charge in [-0.1, -0.05) is 54.6 Å². The minimum Gasteiger partial charge on any atom is -0.351 e. The Kier molecular flexibility index (Phi) is 3.33. The van der Waals surface area contributed by atoms with Crippen molar-refractivity contribution in [1.82, 2.24) is 5.32 Å². The molecule has 0 heterocycles. The summed E-state index contributed by atoms with van der Waals surface area (Å²) >= 11 is 0. The molecule has 1 aliphatic carbocycles. The summed E-state index contributed by atoms with van der Waals surface area (Å²) in [5, 5.41) is 2.85. The van der Waals surface area contributed by atoms with Gasteiger partial charge in [0.15, 0.2) is 5.78 Å². The van der Waals surface area contributed by atoms with Crippen molar-refractivity contribution in [2.75, 3.05) is 0 Å². The highest BCUT2D eigenvalue weighted by Gasteiger charge is 2.35. The zero-order chi connectivity index (χ0) is 13.9. The van der Waals surface area contributed by atoms with Crippen molar-refractivity contribution < 1.29 is 9.59 Å². The van der Waals surface area contributed by atoms with Gasteiger partial charge < -0.3 is 5.32 Å². The quantitative estimate of drug-likeness (QED) is 0.866. The van der Waals surface area contributed by atoms with E-state index in [0.717, 1.165) is 11.1 Å². The van der Waals surface area contributed by atoms with Crippen molar-refractivity contribution in [3.8, 4) is 0 Å². The molecule has 2 aromatic rings. The first-order valence-corrected chi connectivity index (χ1v) is 6.69. The first kappa shape index (κ1) is 12.6. The minimum atomic E-state index is -0.573. The number of carbonyl (C=O) groups is 2. The molecule has 0 saturated heterocycles. The van der Waals surface area contributed by atoms with E-state index in [1.54, 1.807) is 6.07 Å². The molecule has 2 aromatic carbocycles. The number of hydrogen-bond donors (Lipinski definition) is 1. The summed E-state index contributed by atoms with van der Waals surface area (Å²) in [6.45, 7) is 0.458. The van der Waals surface area contributed by atoms with Crippen molar-refractivity contribution in [3.05, 3.63) is 71.3 Å². The highest BCUT2D eigenvalue weighted by molar-refractivity contribution is 6.13. The summed E-state index contributed by atoms with van der Waals surface area (Å²) < 4.78 is 0. The third-order valence-electron chi connectivity index (χ3n) is 3.65. The second-order valence-electron chi connectivity index (χ2n) is 4.98. The number of amides is 1. The molecule has 0 aliphatic heterocycles. The predicted octanol–water partition coefficient (Wildman–Crippen LogP) is 2.36. The van der Waals surface area contributed by atoms with E-state index in [0.29, 0.717) is 18.5 Å². The van der Waals surface area contributed by atoms with Crippen LogP contribution in [0.4, 0.5) is 0 Å². The predicted molar refractivity (Wildman–Crippen MR) is 76.3 cm³/mol. The van der Waals surface area contributed by atoms with Crippen LogP contribution < -0.4 is 5.32 Å². The summed E-state index contributed by atoms with van der Waals surface area (Å²) in [7, 11) is 0. The standard InChI is InChI=1S/C17H15NO2/c19-16-14-9-5-4-8-13(14)10-15(16)17(20)18-11-12-6-2-1-3-7-12/h1-9,15H,10-11H2,(H,18,20). The highest BCUT2D eigenvalue weighted by atomic mass is 16.2. The summed E-state index contributed by atoms with van der Waals surface area (Å²) in [6, 6.07) is 17.1. The van der Waals surface area contributed by atoms with Gasteiger partial charge in [-0.15, -0.1) is 0 Å². The molecule has 0 radical (unpaired) electrons. The van der Waals surface area contributed by atoms with E-state index in [2.05, 4.69) is 5.32 Å². The molecule has 0 bridgehead atoms. The van der Waals surface area contributed by atoms with Crippen LogP contribution in [0.1, 0.15) is 21.5 Å². The number of rotatable bonds is 3. The fraction of sp³-hybridized carbons (Fsp3) is 0.176. The Morgan fingerprint density at radius 3 is 2.50 bits per heavy atom.